The topological polar surface area (TPSA) is 49.1 Å². The van der Waals surface area contributed by atoms with Crippen molar-refractivity contribution in [2.24, 2.45) is 0 Å². The van der Waals surface area contributed by atoms with E-state index in [9.17, 15) is 0 Å². The molecule has 0 atom stereocenters. The van der Waals surface area contributed by atoms with Gasteiger partial charge in [0.2, 0.25) is 0 Å². The molecule has 0 aliphatic carbocycles. The van der Waals surface area contributed by atoms with Crippen molar-refractivity contribution >= 4 is 0 Å². The van der Waals surface area contributed by atoms with Gasteiger partial charge in [-0.2, -0.15) is 5.26 Å². The maximum atomic E-state index is 9.16. The third-order valence-corrected chi connectivity index (χ3v) is 3.52. The lowest BCUT2D eigenvalue weighted by Gasteiger charge is -2.26. The molecule has 1 aromatic rings. The molecule has 1 aliphatic heterocycles. The summed E-state index contributed by atoms with van der Waals surface area (Å²) in [6.45, 7) is 7.68. The first-order valence-electron chi connectivity index (χ1n) is 6.94. The smallest absolute Gasteiger partial charge is 0.140 e. The van der Waals surface area contributed by atoms with Crippen molar-refractivity contribution in [1.29, 1.82) is 5.26 Å². The van der Waals surface area contributed by atoms with Crippen molar-refractivity contribution in [2.75, 3.05) is 26.2 Å². The minimum absolute atomic E-state index is 0.559. The van der Waals surface area contributed by atoms with Crippen LogP contribution >= 0.6 is 0 Å². The summed E-state index contributed by atoms with van der Waals surface area (Å²) in [7, 11) is 0. The fourth-order valence-electron chi connectivity index (χ4n) is 2.51. The summed E-state index contributed by atoms with van der Waals surface area (Å²) in [5.74, 6) is 0.671. The summed E-state index contributed by atoms with van der Waals surface area (Å²) in [6.07, 6.45) is 3.92. The molecule has 1 aliphatic rings. The molecule has 1 saturated heterocycles. The Morgan fingerprint density at radius 1 is 1.32 bits per heavy atom. The number of nitriles is 1. The fraction of sp³-hybridized carbons (Fsp3) is 0.600. The number of likely N-dealkylation sites (tertiary alicyclic amines) is 1. The molecule has 0 bridgehead atoms. The number of hydrogen-bond donors (Lipinski definition) is 0. The zero-order valence-electron chi connectivity index (χ0n) is 11.8. The lowest BCUT2D eigenvalue weighted by molar-refractivity contribution is 0.183. The monoisotopic (exact) mass is 259 g/mol. The molecule has 0 unspecified atom stereocenters. The summed E-state index contributed by atoms with van der Waals surface area (Å²) >= 11 is 0. The minimum atomic E-state index is 0.559. The van der Waals surface area contributed by atoms with E-state index < -0.39 is 0 Å². The molecule has 0 N–H and O–H groups in total. The van der Waals surface area contributed by atoms with Crippen LogP contribution in [0.4, 0.5) is 0 Å². The predicted octanol–water partition coefficient (Wildman–Crippen LogP) is 2.43. The Bertz CT molecular complexity index is 473. The van der Waals surface area contributed by atoms with Gasteiger partial charge in [-0.25, -0.2) is 0 Å². The zero-order chi connectivity index (χ0) is 13.7. The van der Waals surface area contributed by atoms with Gasteiger partial charge < -0.3 is 4.74 Å². The van der Waals surface area contributed by atoms with E-state index in [1.807, 2.05) is 19.9 Å². The van der Waals surface area contributed by atoms with Crippen LogP contribution in [0.1, 0.15) is 36.2 Å². The summed E-state index contributed by atoms with van der Waals surface area (Å²) in [4.78, 5) is 6.72. The number of hydrogen-bond acceptors (Lipinski definition) is 4. The SMILES string of the molecule is Cc1cc(OCCN2CCCCC2)c(C#N)c(C)n1. The number of pyridine rings is 1. The normalized spacial score (nSPS) is 16.1. The minimum Gasteiger partial charge on any atom is -0.491 e. The van der Waals surface area contributed by atoms with Crippen LogP contribution in [0, 0.1) is 25.2 Å². The molecule has 0 radical (unpaired) electrons. The summed E-state index contributed by atoms with van der Waals surface area (Å²) in [5, 5.41) is 9.16. The molecule has 2 heterocycles. The van der Waals surface area contributed by atoms with E-state index in [1.54, 1.807) is 0 Å². The van der Waals surface area contributed by atoms with Crippen molar-refractivity contribution in [2.45, 2.75) is 33.1 Å². The molecule has 0 aromatic carbocycles. The number of piperidine rings is 1. The van der Waals surface area contributed by atoms with E-state index in [-0.39, 0.29) is 0 Å². The second-order valence-corrected chi connectivity index (χ2v) is 5.08. The largest absolute Gasteiger partial charge is 0.491 e. The van der Waals surface area contributed by atoms with Gasteiger partial charge in [-0.3, -0.25) is 9.88 Å². The molecule has 1 aromatic heterocycles. The quantitative estimate of drug-likeness (QED) is 0.833. The third-order valence-electron chi connectivity index (χ3n) is 3.52. The Morgan fingerprint density at radius 2 is 2.05 bits per heavy atom. The Morgan fingerprint density at radius 3 is 2.74 bits per heavy atom. The molecule has 0 spiro atoms. The summed E-state index contributed by atoms with van der Waals surface area (Å²) in [6, 6.07) is 4.03. The highest BCUT2D eigenvalue weighted by Crippen LogP contribution is 2.21. The predicted molar refractivity (Wildman–Crippen MR) is 74.2 cm³/mol. The van der Waals surface area contributed by atoms with Gasteiger partial charge in [0.15, 0.2) is 0 Å². The molecule has 19 heavy (non-hydrogen) atoms. The third kappa shape index (κ3) is 3.68. The van der Waals surface area contributed by atoms with Gasteiger partial charge in [0.25, 0.3) is 0 Å². The van der Waals surface area contributed by atoms with Gasteiger partial charge in [0.1, 0.15) is 24.0 Å². The highest BCUT2D eigenvalue weighted by atomic mass is 16.5. The second kappa shape index (κ2) is 6.53. The highest BCUT2D eigenvalue weighted by Gasteiger charge is 2.12. The molecular weight excluding hydrogens is 238 g/mol. The molecule has 0 saturated carbocycles. The van der Waals surface area contributed by atoms with Gasteiger partial charge in [0.05, 0.1) is 5.69 Å². The molecular formula is C15H21N3O. The van der Waals surface area contributed by atoms with Crippen LogP contribution in [0.25, 0.3) is 0 Å². The molecule has 0 amide bonds. The Labute approximate surface area is 115 Å². The van der Waals surface area contributed by atoms with E-state index >= 15 is 0 Å². The van der Waals surface area contributed by atoms with Crippen LogP contribution in [0.15, 0.2) is 6.07 Å². The average molecular weight is 259 g/mol. The van der Waals surface area contributed by atoms with E-state index in [0.29, 0.717) is 17.9 Å². The van der Waals surface area contributed by atoms with Crippen molar-refractivity contribution in [1.82, 2.24) is 9.88 Å². The number of nitrogens with zero attached hydrogens (tertiary/aromatic N) is 3. The van der Waals surface area contributed by atoms with Crippen molar-refractivity contribution < 1.29 is 4.74 Å². The van der Waals surface area contributed by atoms with E-state index in [4.69, 9.17) is 10.00 Å². The van der Waals surface area contributed by atoms with Gasteiger partial charge in [-0.15, -0.1) is 0 Å². The number of aryl methyl sites for hydroxylation is 2. The van der Waals surface area contributed by atoms with Crippen LogP contribution in [0.3, 0.4) is 0 Å². The van der Waals surface area contributed by atoms with Gasteiger partial charge >= 0.3 is 0 Å². The summed E-state index contributed by atoms with van der Waals surface area (Å²) < 4.78 is 5.79. The molecule has 1 fully saturated rings. The Hall–Kier alpha value is -1.60. The lowest BCUT2D eigenvalue weighted by atomic mass is 10.1. The average Bonchev–Trinajstić information content (AvgIpc) is 2.39. The molecule has 4 heteroatoms. The van der Waals surface area contributed by atoms with Crippen LogP contribution < -0.4 is 4.74 Å². The van der Waals surface area contributed by atoms with Crippen molar-refractivity contribution in [3.05, 3.63) is 23.0 Å². The molecule has 4 nitrogen and oxygen atoms in total. The van der Waals surface area contributed by atoms with E-state index in [0.717, 1.165) is 17.9 Å². The first kappa shape index (κ1) is 13.8. The first-order valence-corrected chi connectivity index (χ1v) is 6.94. The second-order valence-electron chi connectivity index (χ2n) is 5.08. The highest BCUT2D eigenvalue weighted by molar-refractivity contribution is 5.46. The van der Waals surface area contributed by atoms with Crippen molar-refractivity contribution in [3.63, 3.8) is 0 Å². The van der Waals surface area contributed by atoms with E-state index in [2.05, 4.69) is 16.0 Å². The molecule has 2 rings (SSSR count). The standard InChI is InChI=1S/C15H21N3O/c1-12-10-15(14(11-16)13(2)17-12)19-9-8-18-6-4-3-5-7-18/h10H,3-9H2,1-2H3. The first-order chi connectivity index (χ1) is 9.20. The zero-order valence-corrected chi connectivity index (χ0v) is 11.8. The molecule has 102 valence electrons. The van der Waals surface area contributed by atoms with E-state index in [1.165, 1.54) is 32.4 Å². The summed E-state index contributed by atoms with van der Waals surface area (Å²) in [5.41, 5.74) is 2.20. The van der Waals surface area contributed by atoms with Gasteiger partial charge in [0, 0.05) is 18.3 Å². The van der Waals surface area contributed by atoms with Gasteiger partial charge in [-0.05, 0) is 39.8 Å². The van der Waals surface area contributed by atoms with Crippen LogP contribution in [-0.4, -0.2) is 36.1 Å². The Kier molecular flexibility index (Phi) is 4.75. The maximum absolute atomic E-state index is 9.16. The van der Waals surface area contributed by atoms with Crippen molar-refractivity contribution in [3.8, 4) is 11.8 Å². The van der Waals surface area contributed by atoms with Gasteiger partial charge in [-0.1, -0.05) is 6.42 Å². The number of aromatic nitrogens is 1. The lowest BCUT2D eigenvalue weighted by Crippen LogP contribution is -2.33. The number of rotatable bonds is 4. The maximum Gasteiger partial charge on any atom is 0.140 e. The van der Waals surface area contributed by atoms with Crippen LogP contribution in [0.2, 0.25) is 0 Å². The van der Waals surface area contributed by atoms with Crippen LogP contribution in [0.5, 0.6) is 5.75 Å². The van der Waals surface area contributed by atoms with Crippen LogP contribution in [-0.2, 0) is 0 Å². The number of ether oxygens (including phenoxy) is 1. The fourth-order valence-corrected chi connectivity index (χ4v) is 2.51. The Balaban J connectivity index is 1.93.